The van der Waals surface area contributed by atoms with Crippen LogP contribution in [0.25, 0.3) is 0 Å². The van der Waals surface area contributed by atoms with E-state index < -0.39 is 40.6 Å². The number of aryl methyl sites for hydroxylation is 1. The molecule has 0 saturated carbocycles. The molecule has 0 spiro atoms. The zero-order valence-corrected chi connectivity index (χ0v) is 9.69. The monoisotopic (exact) mass is 292 g/mol. The Morgan fingerprint density at radius 2 is 1.50 bits per heavy atom. The van der Waals surface area contributed by atoms with Crippen molar-refractivity contribution in [2.45, 2.75) is 6.92 Å². The van der Waals surface area contributed by atoms with Gasteiger partial charge in [0.25, 0.3) is 5.91 Å². The van der Waals surface area contributed by atoms with Crippen LogP contribution >= 0.6 is 0 Å². The molecule has 0 aliphatic rings. The van der Waals surface area contributed by atoms with Crippen LogP contribution in [0.2, 0.25) is 0 Å². The number of nitrogens with one attached hydrogen (secondary N) is 2. The number of benzene rings is 1. The van der Waals surface area contributed by atoms with Gasteiger partial charge in [0.15, 0.2) is 23.3 Å². The summed E-state index contributed by atoms with van der Waals surface area (Å²) in [5, 5.41) is 7.55. The maximum atomic E-state index is 13.3. The van der Waals surface area contributed by atoms with Crippen LogP contribution in [0.5, 0.6) is 0 Å². The molecule has 0 atom stereocenters. The molecule has 1 aromatic carbocycles. The van der Waals surface area contributed by atoms with Crippen LogP contribution in [0.3, 0.4) is 0 Å². The molecule has 1 heterocycles. The molecule has 0 aliphatic heterocycles. The van der Waals surface area contributed by atoms with Gasteiger partial charge in [-0.2, -0.15) is 4.98 Å². The Balaban J connectivity index is 2.45. The van der Waals surface area contributed by atoms with Gasteiger partial charge in [0.1, 0.15) is 11.4 Å². The van der Waals surface area contributed by atoms with Crippen LogP contribution in [0.15, 0.2) is 0 Å². The Morgan fingerprint density at radius 3 is 1.95 bits per heavy atom. The second-order valence-electron chi connectivity index (χ2n) is 3.64. The van der Waals surface area contributed by atoms with Crippen molar-refractivity contribution in [1.82, 2.24) is 15.2 Å². The summed E-state index contributed by atoms with van der Waals surface area (Å²) < 4.78 is 65.3. The molecule has 0 radical (unpaired) electrons. The van der Waals surface area contributed by atoms with E-state index in [9.17, 15) is 26.7 Å². The number of anilines is 1. The van der Waals surface area contributed by atoms with Gasteiger partial charge in [0.05, 0.1) is 0 Å². The van der Waals surface area contributed by atoms with Crippen molar-refractivity contribution in [2.75, 3.05) is 5.32 Å². The number of hydrogen-bond donors (Lipinski definition) is 2. The molecule has 0 unspecified atom stereocenters. The van der Waals surface area contributed by atoms with Gasteiger partial charge in [-0.05, 0) is 6.92 Å². The molecule has 2 rings (SSSR count). The number of halogens is 5. The Kier molecular flexibility index (Phi) is 3.38. The van der Waals surface area contributed by atoms with Crippen molar-refractivity contribution >= 4 is 11.9 Å². The summed E-state index contributed by atoms with van der Waals surface area (Å²) in [7, 11) is 0. The second kappa shape index (κ2) is 4.87. The van der Waals surface area contributed by atoms with E-state index >= 15 is 0 Å². The molecule has 0 aliphatic carbocycles. The number of carbonyl (C=O) groups is 1. The summed E-state index contributed by atoms with van der Waals surface area (Å²) >= 11 is 0. The van der Waals surface area contributed by atoms with E-state index in [1.54, 1.807) is 5.32 Å². The smallest absolute Gasteiger partial charge is 0.264 e. The number of amides is 1. The summed E-state index contributed by atoms with van der Waals surface area (Å²) in [6, 6.07) is 0. The summed E-state index contributed by atoms with van der Waals surface area (Å²) in [4.78, 5) is 15.1. The van der Waals surface area contributed by atoms with Crippen LogP contribution < -0.4 is 5.32 Å². The maximum Gasteiger partial charge on any atom is 0.264 e. The van der Waals surface area contributed by atoms with E-state index in [2.05, 4.69) is 15.2 Å². The minimum atomic E-state index is -2.34. The van der Waals surface area contributed by atoms with Crippen molar-refractivity contribution in [3.63, 3.8) is 0 Å². The van der Waals surface area contributed by atoms with E-state index in [-0.39, 0.29) is 11.8 Å². The van der Waals surface area contributed by atoms with Crippen LogP contribution in [-0.4, -0.2) is 21.1 Å². The lowest BCUT2D eigenvalue weighted by atomic mass is 10.1. The first kappa shape index (κ1) is 13.9. The van der Waals surface area contributed by atoms with Gasteiger partial charge in [-0.3, -0.25) is 15.2 Å². The lowest BCUT2D eigenvalue weighted by Gasteiger charge is -2.07. The average molecular weight is 292 g/mol. The van der Waals surface area contributed by atoms with Crippen LogP contribution in [0.4, 0.5) is 27.9 Å². The molecule has 0 bridgehead atoms. The number of rotatable bonds is 2. The molecule has 2 N–H and O–H groups in total. The van der Waals surface area contributed by atoms with Crippen LogP contribution in [0.1, 0.15) is 16.2 Å². The molecular weight excluding hydrogens is 287 g/mol. The molecule has 5 nitrogen and oxygen atoms in total. The molecule has 2 aromatic rings. The molecule has 106 valence electrons. The third kappa shape index (κ3) is 2.19. The number of H-pyrrole nitrogens is 1. The van der Waals surface area contributed by atoms with E-state index in [4.69, 9.17) is 0 Å². The van der Waals surface area contributed by atoms with Gasteiger partial charge in [0.2, 0.25) is 11.8 Å². The van der Waals surface area contributed by atoms with Gasteiger partial charge in [-0.25, -0.2) is 22.0 Å². The predicted octanol–water partition coefficient (Wildman–Crippen LogP) is 2.06. The van der Waals surface area contributed by atoms with Crippen LogP contribution in [-0.2, 0) is 0 Å². The van der Waals surface area contributed by atoms with E-state index in [0.29, 0.717) is 0 Å². The summed E-state index contributed by atoms with van der Waals surface area (Å²) in [6.07, 6.45) is 0. The highest BCUT2D eigenvalue weighted by atomic mass is 19.2. The topological polar surface area (TPSA) is 70.7 Å². The first-order chi connectivity index (χ1) is 9.32. The van der Waals surface area contributed by atoms with Crippen molar-refractivity contribution in [3.05, 3.63) is 40.5 Å². The van der Waals surface area contributed by atoms with Crippen LogP contribution in [0, 0.1) is 36.0 Å². The predicted molar refractivity (Wildman–Crippen MR) is 55.3 cm³/mol. The fourth-order valence-electron chi connectivity index (χ4n) is 1.37. The van der Waals surface area contributed by atoms with E-state index in [1.807, 2.05) is 0 Å². The quantitative estimate of drug-likeness (QED) is 0.505. The molecule has 10 heteroatoms. The van der Waals surface area contributed by atoms with Crippen molar-refractivity contribution in [2.24, 2.45) is 0 Å². The normalized spacial score (nSPS) is 10.7. The molecule has 0 fully saturated rings. The summed E-state index contributed by atoms with van der Waals surface area (Å²) in [5.41, 5.74) is -1.61. The largest absolute Gasteiger partial charge is 0.289 e. The fourth-order valence-corrected chi connectivity index (χ4v) is 1.37. The van der Waals surface area contributed by atoms with E-state index in [1.165, 1.54) is 6.92 Å². The lowest BCUT2D eigenvalue weighted by Crippen LogP contribution is -2.20. The van der Waals surface area contributed by atoms with Crippen molar-refractivity contribution < 1.29 is 26.7 Å². The Hall–Kier alpha value is -2.52. The van der Waals surface area contributed by atoms with Gasteiger partial charge in [-0.1, -0.05) is 0 Å². The highest BCUT2D eigenvalue weighted by molar-refractivity contribution is 6.03. The van der Waals surface area contributed by atoms with E-state index in [0.717, 1.165) is 0 Å². The molecule has 1 amide bonds. The summed E-state index contributed by atoms with van der Waals surface area (Å²) in [5.74, 6) is -12.9. The number of hydrogen-bond acceptors (Lipinski definition) is 3. The minimum absolute atomic E-state index is 0.276. The average Bonchev–Trinajstić information content (AvgIpc) is 2.79. The Labute approximate surface area is 107 Å². The Morgan fingerprint density at radius 1 is 1.00 bits per heavy atom. The lowest BCUT2D eigenvalue weighted by molar-refractivity contribution is 0.101. The van der Waals surface area contributed by atoms with Crippen molar-refractivity contribution in [3.8, 4) is 0 Å². The minimum Gasteiger partial charge on any atom is -0.289 e. The molecule has 0 saturated heterocycles. The highest BCUT2D eigenvalue weighted by Gasteiger charge is 2.30. The van der Waals surface area contributed by atoms with Gasteiger partial charge in [0, 0.05) is 0 Å². The fraction of sp³-hybridized carbons (Fsp3) is 0.100. The third-order valence-corrected chi connectivity index (χ3v) is 2.26. The second-order valence-corrected chi connectivity index (χ2v) is 3.64. The zero-order chi connectivity index (χ0) is 15.0. The SMILES string of the molecule is Cc1nc(NC(=O)c2c(F)c(F)c(F)c(F)c2F)n[nH]1. The number of aromatic nitrogens is 3. The van der Waals surface area contributed by atoms with Gasteiger partial charge in [-0.15, -0.1) is 5.10 Å². The molecule has 1 aromatic heterocycles. The number of carbonyl (C=O) groups excluding carboxylic acids is 1. The summed E-state index contributed by atoms with van der Waals surface area (Å²) in [6.45, 7) is 1.47. The Bertz CT molecular complexity index is 670. The molecular formula is C10H5F5N4O. The number of aromatic amines is 1. The standard InChI is InChI=1S/C10H5F5N4O/c1-2-16-10(19-18-2)17-9(20)3-4(11)6(13)8(15)7(14)5(3)12/h1H3,(H2,16,17,18,19,20). The van der Waals surface area contributed by atoms with Gasteiger partial charge >= 0.3 is 0 Å². The highest BCUT2D eigenvalue weighted by Crippen LogP contribution is 2.23. The first-order valence-electron chi connectivity index (χ1n) is 5.04. The third-order valence-electron chi connectivity index (χ3n) is 2.26. The van der Waals surface area contributed by atoms with Gasteiger partial charge < -0.3 is 0 Å². The molecule has 20 heavy (non-hydrogen) atoms. The first-order valence-corrected chi connectivity index (χ1v) is 5.04. The zero-order valence-electron chi connectivity index (χ0n) is 9.69. The maximum absolute atomic E-state index is 13.3. The number of nitrogens with zero attached hydrogens (tertiary/aromatic N) is 2. The van der Waals surface area contributed by atoms with Crippen molar-refractivity contribution in [1.29, 1.82) is 0 Å².